The summed E-state index contributed by atoms with van der Waals surface area (Å²) in [5.41, 5.74) is 1.41. The van der Waals surface area contributed by atoms with Crippen LogP contribution in [-0.4, -0.2) is 34.8 Å². The summed E-state index contributed by atoms with van der Waals surface area (Å²) in [6, 6.07) is 8.19. The monoisotopic (exact) mass is 353 g/mol. The van der Waals surface area contributed by atoms with Crippen LogP contribution in [0.15, 0.2) is 24.3 Å². The molecule has 1 aromatic rings. The Hall–Kier alpha value is -1.36. The minimum absolute atomic E-state index is 0.0241. The lowest BCUT2D eigenvalue weighted by Crippen LogP contribution is -2.33. The highest BCUT2D eigenvalue weighted by Gasteiger charge is 2.13. The summed E-state index contributed by atoms with van der Waals surface area (Å²) in [7, 11) is -0.808. The molecule has 2 unspecified atom stereocenters. The second kappa shape index (κ2) is 9.82. The third kappa shape index (κ3) is 8.48. The molecular formula is C19H31NO3S. The zero-order chi connectivity index (χ0) is 18.2. The van der Waals surface area contributed by atoms with E-state index in [0.29, 0.717) is 25.2 Å². The lowest BCUT2D eigenvalue weighted by atomic mass is 9.87. The first-order valence-electron chi connectivity index (χ1n) is 8.51. The second-order valence-corrected chi connectivity index (χ2v) is 8.82. The van der Waals surface area contributed by atoms with Gasteiger partial charge in [-0.3, -0.25) is 9.00 Å². The number of hydrogen-bond donors (Lipinski definition) is 1. The number of ether oxygens (including phenoxy) is 1. The molecule has 0 saturated carbocycles. The molecular weight excluding hydrogens is 322 g/mol. The fourth-order valence-corrected chi connectivity index (χ4v) is 2.92. The van der Waals surface area contributed by atoms with Crippen LogP contribution in [0.4, 0.5) is 0 Å². The molecule has 0 spiro atoms. The highest BCUT2D eigenvalue weighted by atomic mass is 32.2. The van der Waals surface area contributed by atoms with Crippen molar-refractivity contribution in [3.05, 3.63) is 29.8 Å². The van der Waals surface area contributed by atoms with Crippen LogP contribution in [0.1, 0.15) is 52.5 Å². The third-order valence-corrected chi connectivity index (χ3v) is 4.59. The number of hydrogen-bond acceptors (Lipinski definition) is 3. The number of benzene rings is 1. The maximum Gasteiger partial charge on any atom is 0.220 e. The summed E-state index contributed by atoms with van der Waals surface area (Å²) >= 11 is 0. The Labute approximate surface area is 148 Å². The predicted molar refractivity (Wildman–Crippen MR) is 101 cm³/mol. The Kier molecular flexibility index (Phi) is 8.46. The van der Waals surface area contributed by atoms with Crippen molar-refractivity contribution >= 4 is 16.7 Å². The molecule has 0 fully saturated rings. The molecule has 5 heteroatoms. The van der Waals surface area contributed by atoms with Crippen LogP contribution >= 0.6 is 0 Å². The van der Waals surface area contributed by atoms with Gasteiger partial charge < -0.3 is 10.1 Å². The van der Waals surface area contributed by atoms with E-state index >= 15 is 0 Å². The summed E-state index contributed by atoms with van der Waals surface area (Å²) < 4.78 is 16.7. The zero-order valence-corrected chi connectivity index (χ0v) is 16.4. The van der Waals surface area contributed by atoms with Gasteiger partial charge in [0.25, 0.3) is 0 Å². The van der Waals surface area contributed by atoms with E-state index in [1.165, 1.54) is 5.56 Å². The zero-order valence-electron chi connectivity index (χ0n) is 15.6. The molecule has 4 nitrogen and oxygen atoms in total. The molecule has 0 aromatic heterocycles. The minimum atomic E-state index is -0.808. The molecule has 24 heavy (non-hydrogen) atoms. The number of carbonyl (C=O) groups is 1. The Morgan fingerprint density at radius 1 is 1.25 bits per heavy atom. The van der Waals surface area contributed by atoms with Crippen molar-refractivity contribution in [3.63, 3.8) is 0 Å². The van der Waals surface area contributed by atoms with Gasteiger partial charge >= 0.3 is 0 Å². The van der Waals surface area contributed by atoms with Gasteiger partial charge in [-0.2, -0.15) is 0 Å². The molecule has 0 bridgehead atoms. The predicted octanol–water partition coefficient (Wildman–Crippen LogP) is 3.42. The molecule has 0 heterocycles. The summed E-state index contributed by atoms with van der Waals surface area (Å²) in [6.45, 7) is 9.01. The van der Waals surface area contributed by atoms with E-state index in [4.69, 9.17) is 4.74 Å². The average Bonchev–Trinajstić information content (AvgIpc) is 2.49. The van der Waals surface area contributed by atoms with Crippen LogP contribution < -0.4 is 10.1 Å². The van der Waals surface area contributed by atoms with Gasteiger partial charge in [-0.1, -0.05) is 32.9 Å². The van der Waals surface area contributed by atoms with Gasteiger partial charge in [0.2, 0.25) is 5.91 Å². The molecule has 1 N–H and O–H groups in total. The van der Waals surface area contributed by atoms with Gasteiger partial charge in [0.15, 0.2) is 0 Å². The molecule has 0 aliphatic carbocycles. The number of nitrogens with one attached hydrogen (secondary N) is 1. The first-order valence-corrected chi connectivity index (χ1v) is 10.2. The third-order valence-electron chi connectivity index (χ3n) is 3.78. The van der Waals surface area contributed by atoms with E-state index in [9.17, 15) is 9.00 Å². The van der Waals surface area contributed by atoms with Crippen LogP contribution in [0.3, 0.4) is 0 Å². The number of amides is 1. The van der Waals surface area contributed by atoms with Gasteiger partial charge in [-0.25, -0.2) is 0 Å². The van der Waals surface area contributed by atoms with E-state index < -0.39 is 10.8 Å². The standard InChI is InChI=1S/C19H31NO3S/c1-15(12-14-24(5)22)20-18(21)7-6-13-23-17-10-8-16(9-11-17)19(2,3)4/h8-11,15H,6-7,12-14H2,1-5H3,(H,20,21). The van der Waals surface area contributed by atoms with Crippen molar-refractivity contribution in [1.29, 1.82) is 0 Å². The van der Waals surface area contributed by atoms with Gasteiger partial charge in [-0.15, -0.1) is 0 Å². The maximum absolute atomic E-state index is 11.8. The molecule has 0 saturated heterocycles. The lowest BCUT2D eigenvalue weighted by Gasteiger charge is -2.19. The van der Waals surface area contributed by atoms with Gasteiger partial charge in [0.05, 0.1) is 6.61 Å². The normalized spacial score (nSPS) is 14.0. The highest BCUT2D eigenvalue weighted by molar-refractivity contribution is 7.84. The van der Waals surface area contributed by atoms with Gasteiger partial charge in [-0.05, 0) is 42.9 Å². The fourth-order valence-electron chi connectivity index (χ4n) is 2.24. The summed E-state index contributed by atoms with van der Waals surface area (Å²) in [4.78, 5) is 11.8. The van der Waals surface area contributed by atoms with Crippen LogP contribution in [-0.2, 0) is 21.0 Å². The Morgan fingerprint density at radius 3 is 2.42 bits per heavy atom. The summed E-state index contributed by atoms with van der Waals surface area (Å²) in [5, 5.41) is 2.93. The van der Waals surface area contributed by atoms with Crippen molar-refractivity contribution in [2.75, 3.05) is 18.6 Å². The van der Waals surface area contributed by atoms with Crippen LogP contribution in [0.5, 0.6) is 5.75 Å². The van der Waals surface area contributed by atoms with Crippen molar-refractivity contribution in [2.45, 2.75) is 58.4 Å². The molecule has 0 aliphatic rings. The second-order valence-electron chi connectivity index (χ2n) is 7.26. The first-order chi connectivity index (χ1) is 11.2. The molecule has 1 amide bonds. The summed E-state index contributed by atoms with van der Waals surface area (Å²) in [5.74, 6) is 1.48. The van der Waals surface area contributed by atoms with E-state index in [-0.39, 0.29) is 17.4 Å². The van der Waals surface area contributed by atoms with Crippen molar-refractivity contribution < 1.29 is 13.7 Å². The van der Waals surface area contributed by atoms with E-state index in [1.54, 1.807) is 6.26 Å². The van der Waals surface area contributed by atoms with E-state index in [2.05, 4.69) is 38.2 Å². The molecule has 2 atom stereocenters. The molecule has 0 aliphatic heterocycles. The lowest BCUT2D eigenvalue weighted by molar-refractivity contribution is -0.121. The Morgan fingerprint density at radius 2 is 1.88 bits per heavy atom. The largest absolute Gasteiger partial charge is 0.494 e. The number of carbonyl (C=O) groups excluding carboxylic acids is 1. The Balaban J connectivity index is 2.23. The molecule has 136 valence electrons. The minimum Gasteiger partial charge on any atom is -0.494 e. The smallest absolute Gasteiger partial charge is 0.220 e. The SMILES string of the molecule is CC(CCS(C)=O)NC(=O)CCCOc1ccc(C(C)(C)C)cc1. The average molecular weight is 354 g/mol. The Bertz CT molecular complexity index is 535. The highest BCUT2D eigenvalue weighted by Crippen LogP contribution is 2.24. The van der Waals surface area contributed by atoms with Crippen molar-refractivity contribution in [1.82, 2.24) is 5.32 Å². The van der Waals surface area contributed by atoms with Crippen molar-refractivity contribution in [2.24, 2.45) is 0 Å². The van der Waals surface area contributed by atoms with Gasteiger partial charge in [0.1, 0.15) is 5.75 Å². The molecule has 1 aromatic carbocycles. The molecule has 1 rings (SSSR count). The molecule has 0 radical (unpaired) electrons. The maximum atomic E-state index is 11.8. The first kappa shape index (κ1) is 20.7. The fraction of sp³-hybridized carbons (Fsp3) is 0.632. The number of rotatable bonds is 9. The van der Waals surface area contributed by atoms with Crippen LogP contribution in [0, 0.1) is 0 Å². The van der Waals surface area contributed by atoms with Crippen LogP contribution in [0.25, 0.3) is 0 Å². The van der Waals surface area contributed by atoms with E-state index in [0.717, 1.165) is 12.2 Å². The van der Waals surface area contributed by atoms with E-state index in [1.807, 2.05) is 19.1 Å². The van der Waals surface area contributed by atoms with Crippen LogP contribution in [0.2, 0.25) is 0 Å². The quantitative estimate of drug-likeness (QED) is 0.692. The topological polar surface area (TPSA) is 55.4 Å². The van der Waals surface area contributed by atoms with Crippen molar-refractivity contribution in [3.8, 4) is 5.75 Å². The van der Waals surface area contributed by atoms with Gasteiger partial charge in [0, 0.05) is 35.3 Å². The summed E-state index contributed by atoms with van der Waals surface area (Å²) in [6.07, 6.45) is 3.55.